The number of anilines is 1. The molecule has 0 radical (unpaired) electrons. The molecule has 0 amide bonds. The molecule has 1 aromatic heterocycles. The fraction of sp³-hybridized carbons (Fsp3) is 0.417. The molecule has 2 heterocycles. The SMILES string of the molecule is COc1cc2nc(CCc3ccccc3)nc(N3CCC(C)CC3)c2cc1OC. The van der Waals surface area contributed by atoms with Gasteiger partial charge in [0.2, 0.25) is 0 Å². The Bertz CT molecular complexity index is 967. The summed E-state index contributed by atoms with van der Waals surface area (Å²) in [6, 6.07) is 14.5. The van der Waals surface area contributed by atoms with Gasteiger partial charge in [0, 0.05) is 31.0 Å². The molecule has 5 heteroatoms. The summed E-state index contributed by atoms with van der Waals surface area (Å²) in [5.41, 5.74) is 2.21. The number of methoxy groups -OCH3 is 2. The molecular formula is C24H29N3O2. The monoisotopic (exact) mass is 391 g/mol. The Morgan fingerprint density at radius 3 is 2.31 bits per heavy atom. The van der Waals surface area contributed by atoms with E-state index in [1.807, 2.05) is 18.2 Å². The lowest BCUT2D eigenvalue weighted by molar-refractivity contribution is 0.355. The second-order valence-corrected chi connectivity index (χ2v) is 7.84. The van der Waals surface area contributed by atoms with Crippen molar-refractivity contribution in [3.05, 3.63) is 53.9 Å². The fourth-order valence-electron chi connectivity index (χ4n) is 3.96. The molecule has 3 aromatic rings. The Balaban J connectivity index is 1.74. The van der Waals surface area contributed by atoms with Crippen LogP contribution in [-0.2, 0) is 12.8 Å². The van der Waals surface area contributed by atoms with Gasteiger partial charge in [-0.15, -0.1) is 0 Å². The summed E-state index contributed by atoms with van der Waals surface area (Å²) in [4.78, 5) is 12.3. The summed E-state index contributed by atoms with van der Waals surface area (Å²) in [5.74, 6) is 4.08. The van der Waals surface area contributed by atoms with Crippen LogP contribution in [0.4, 0.5) is 5.82 Å². The van der Waals surface area contributed by atoms with Gasteiger partial charge in [0.05, 0.1) is 19.7 Å². The topological polar surface area (TPSA) is 47.5 Å². The molecule has 0 bridgehead atoms. The van der Waals surface area contributed by atoms with E-state index in [1.165, 1.54) is 18.4 Å². The Kier molecular flexibility index (Phi) is 5.84. The first-order valence-corrected chi connectivity index (χ1v) is 10.4. The third-order valence-electron chi connectivity index (χ3n) is 5.79. The zero-order chi connectivity index (χ0) is 20.2. The molecule has 152 valence electrons. The maximum absolute atomic E-state index is 5.54. The molecule has 29 heavy (non-hydrogen) atoms. The number of aryl methyl sites for hydroxylation is 2. The average Bonchev–Trinajstić information content (AvgIpc) is 2.77. The number of hydrogen-bond donors (Lipinski definition) is 0. The molecule has 0 spiro atoms. The molecule has 4 rings (SSSR count). The predicted octanol–water partition coefficient (Wildman–Crippen LogP) is 4.67. The van der Waals surface area contributed by atoms with Crippen molar-refractivity contribution in [3.8, 4) is 11.5 Å². The summed E-state index contributed by atoms with van der Waals surface area (Å²) in [5, 5.41) is 1.03. The maximum Gasteiger partial charge on any atom is 0.162 e. The highest BCUT2D eigenvalue weighted by molar-refractivity contribution is 5.92. The summed E-state index contributed by atoms with van der Waals surface area (Å²) in [7, 11) is 3.33. The molecule has 2 aromatic carbocycles. The average molecular weight is 392 g/mol. The Hall–Kier alpha value is -2.82. The van der Waals surface area contributed by atoms with E-state index in [-0.39, 0.29) is 0 Å². The molecule has 0 unspecified atom stereocenters. The van der Waals surface area contributed by atoms with E-state index >= 15 is 0 Å². The zero-order valence-electron chi connectivity index (χ0n) is 17.5. The number of rotatable bonds is 6. The third kappa shape index (κ3) is 4.29. The highest BCUT2D eigenvalue weighted by Crippen LogP contribution is 2.36. The van der Waals surface area contributed by atoms with E-state index < -0.39 is 0 Å². The molecule has 0 aliphatic carbocycles. The maximum atomic E-state index is 5.54. The van der Waals surface area contributed by atoms with Crippen LogP contribution in [0.1, 0.15) is 31.2 Å². The van der Waals surface area contributed by atoms with Gasteiger partial charge in [0.25, 0.3) is 0 Å². The first kappa shape index (κ1) is 19.5. The van der Waals surface area contributed by atoms with E-state index in [0.29, 0.717) is 11.5 Å². The molecular weight excluding hydrogens is 362 g/mol. The smallest absolute Gasteiger partial charge is 0.162 e. The van der Waals surface area contributed by atoms with Crippen LogP contribution in [0.25, 0.3) is 10.9 Å². The van der Waals surface area contributed by atoms with Crippen LogP contribution in [0.3, 0.4) is 0 Å². The summed E-state index contributed by atoms with van der Waals surface area (Å²) in [6.07, 6.45) is 4.12. The first-order chi connectivity index (χ1) is 14.2. The van der Waals surface area contributed by atoms with Crippen molar-refractivity contribution in [1.82, 2.24) is 9.97 Å². The van der Waals surface area contributed by atoms with Crippen LogP contribution in [-0.4, -0.2) is 37.3 Å². The number of piperidine rings is 1. The van der Waals surface area contributed by atoms with Crippen molar-refractivity contribution in [1.29, 1.82) is 0 Å². The second kappa shape index (κ2) is 8.68. The molecule has 1 aliphatic heterocycles. The molecule has 1 fully saturated rings. The minimum atomic E-state index is 0.700. The minimum absolute atomic E-state index is 0.700. The van der Waals surface area contributed by atoms with E-state index in [4.69, 9.17) is 19.4 Å². The largest absolute Gasteiger partial charge is 0.493 e. The summed E-state index contributed by atoms with van der Waals surface area (Å²) < 4.78 is 11.1. The highest BCUT2D eigenvalue weighted by atomic mass is 16.5. The predicted molar refractivity (Wildman–Crippen MR) is 117 cm³/mol. The lowest BCUT2D eigenvalue weighted by Gasteiger charge is -2.32. The Morgan fingerprint density at radius 1 is 0.931 bits per heavy atom. The minimum Gasteiger partial charge on any atom is -0.493 e. The molecule has 0 atom stereocenters. The van der Waals surface area contributed by atoms with Crippen molar-refractivity contribution < 1.29 is 9.47 Å². The number of nitrogens with zero attached hydrogens (tertiary/aromatic N) is 3. The van der Waals surface area contributed by atoms with Gasteiger partial charge < -0.3 is 14.4 Å². The fourth-order valence-corrected chi connectivity index (χ4v) is 3.96. The van der Waals surface area contributed by atoms with Gasteiger partial charge in [-0.25, -0.2) is 9.97 Å². The van der Waals surface area contributed by atoms with Gasteiger partial charge in [-0.1, -0.05) is 37.3 Å². The Morgan fingerprint density at radius 2 is 1.62 bits per heavy atom. The number of hydrogen-bond acceptors (Lipinski definition) is 5. The van der Waals surface area contributed by atoms with Crippen molar-refractivity contribution in [2.75, 3.05) is 32.2 Å². The van der Waals surface area contributed by atoms with Gasteiger partial charge in [-0.3, -0.25) is 0 Å². The lowest BCUT2D eigenvalue weighted by atomic mass is 9.99. The van der Waals surface area contributed by atoms with Gasteiger partial charge in [-0.2, -0.15) is 0 Å². The molecule has 1 aliphatic rings. The van der Waals surface area contributed by atoms with Crippen LogP contribution in [0, 0.1) is 5.92 Å². The van der Waals surface area contributed by atoms with Crippen molar-refractivity contribution in [2.45, 2.75) is 32.6 Å². The lowest BCUT2D eigenvalue weighted by Crippen LogP contribution is -2.33. The van der Waals surface area contributed by atoms with Crippen LogP contribution in [0.5, 0.6) is 11.5 Å². The van der Waals surface area contributed by atoms with Gasteiger partial charge in [-0.05, 0) is 36.8 Å². The van der Waals surface area contributed by atoms with Crippen molar-refractivity contribution in [3.63, 3.8) is 0 Å². The summed E-state index contributed by atoms with van der Waals surface area (Å²) >= 11 is 0. The van der Waals surface area contributed by atoms with Gasteiger partial charge in [0.1, 0.15) is 11.6 Å². The van der Waals surface area contributed by atoms with Gasteiger partial charge >= 0.3 is 0 Å². The number of aromatic nitrogens is 2. The molecule has 1 saturated heterocycles. The normalized spacial score (nSPS) is 14.9. The number of ether oxygens (including phenoxy) is 2. The van der Waals surface area contributed by atoms with Crippen LogP contribution in [0.15, 0.2) is 42.5 Å². The molecule has 5 nitrogen and oxygen atoms in total. The van der Waals surface area contributed by atoms with Gasteiger partial charge in [0.15, 0.2) is 11.5 Å². The quantitative estimate of drug-likeness (QED) is 0.611. The standard InChI is InChI=1S/C24H29N3O2/c1-17-11-13-27(14-12-17)24-19-15-21(28-2)22(29-3)16-20(19)25-23(26-24)10-9-18-7-5-4-6-8-18/h4-8,15-17H,9-14H2,1-3H3. The molecule has 0 saturated carbocycles. The summed E-state index contributed by atoms with van der Waals surface area (Å²) in [6.45, 7) is 4.38. The first-order valence-electron chi connectivity index (χ1n) is 10.4. The van der Waals surface area contributed by atoms with E-state index in [0.717, 1.165) is 54.4 Å². The van der Waals surface area contributed by atoms with Crippen molar-refractivity contribution in [2.24, 2.45) is 5.92 Å². The van der Waals surface area contributed by atoms with Crippen LogP contribution < -0.4 is 14.4 Å². The zero-order valence-corrected chi connectivity index (χ0v) is 17.5. The van der Waals surface area contributed by atoms with Crippen LogP contribution >= 0.6 is 0 Å². The van der Waals surface area contributed by atoms with E-state index in [2.05, 4.69) is 36.1 Å². The number of benzene rings is 2. The second-order valence-electron chi connectivity index (χ2n) is 7.84. The van der Waals surface area contributed by atoms with Crippen molar-refractivity contribution >= 4 is 16.7 Å². The number of fused-ring (bicyclic) bond motifs is 1. The highest BCUT2D eigenvalue weighted by Gasteiger charge is 2.21. The van der Waals surface area contributed by atoms with Crippen LogP contribution in [0.2, 0.25) is 0 Å². The Labute approximate surface area is 172 Å². The third-order valence-corrected chi connectivity index (χ3v) is 5.79. The molecule has 0 N–H and O–H groups in total. The van der Waals surface area contributed by atoms with E-state index in [9.17, 15) is 0 Å². The van der Waals surface area contributed by atoms with E-state index in [1.54, 1.807) is 14.2 Å².